The number of rotatable bonds is 10. The molecule has 0 aliphatic rings. The van der Waals surface area contributed by atoms with Gasteiger partial charge in [-0.25, -0.2) is 4.57 Å². The summed E-state index contributed by atoms with van der Waals surface area (Å²) in [6.07, 6.45) is 1.39. The highest BCUT2D eigenvalue weighted by molar-refractivity contribution is 7.47. The number of phosphoric acid groups is 1. The molecule has 114 valence electrons. The Kier molecular flexibility index (Phi) is 8.05. The van der Waals surface area contributed by atoms with Gasteiger partial charge in [0.15, 0.2) is 0 Å². The van der Waals surface area contributed by atoms with Crippen molar-refractivity contribution in [2.24, 2.45) is 5.92 Å². The van der Waals surface area contributed by atoms with E-state index in [0.29, 0.717) is 17.4 Å². The zero-order valence-electron chi connectivity index (χ0n) is 12.3. The van der Waals surface area contributed by atoms with E-state index in [4.69, 9.17) is 14.2 Å². The maximum absolute atomic E-state index is 11.8. The molecule has 0 aromatic heterocycles. The van der Waals surface area contributed by atoms with Crippen molar-refractivity contribution in [3.8, 4) is 0 Å². The summed E-state index contributed by atoms with van der Waals surface area (Å²) in [5.74, 6) is -0.263. The van der Waals surface area contributed by atoms with Crippen LogP contribution in [0, 0.1) is 5.92 Å². The highest BCUT2D eigenvalue weighted by Crippen LogP contribution is 2.46. The summed E-state index contributed by atoms with van der Waals surface area (Å²) in [5.41, 5.74) is 0. The zero-order valence-corrected chi connectivity index (χ0v) is 13.2. The van der Waals surface area contributed by atoms with Crippen LogP contribution in [-0.2, 0) is 13.6 Å². The monoisotopic (exact) mass is 296 g/mol. The Morgan fingerprint density at radius 1 is 1.42 bits per heavy atom. The van der Waals surface area contributed by atoms with Crippen LogP contribution in [0.5, 0.6) is 0 Å². The standard InChI is InChI=1S/C12H26NO5P/c1-6-7-12(11(2)10-14)18-19(15,16)17-9-8-13(3,4)5/h6,11-12,14H,1,7-10H2,2-5H3/p+1. The van der Waals surface area contributed by atoms with E-state index in [1.54, 1.807) is 13.0 Å². The van der Waals surface area contributed by atoms with Crippen LogP contribution in [0.4, 0.5) is 0 Å². The number of aliphatic hydroxyl groups is 1. The fourth-order valence-electron chi connectivity index (χ4n) is 1.29. The van der Waals surface area contributed by atoms with Crippen molar-refractivity contribution in [1.29, 1.82) is 0 Å². The van der Waals surface area contributed by atoms with Crippen LogP contribution >= 0.6 is 7.82 Å². The summed E-state index contributed by atoms with van der Waals surface area (Å²) in [6, 6.07) is 0. The molecule has 0 aliphatic carbocycles. The van der Waals surface area contributed by atoms with Crippen LogP contribution < -0.4 is 0 Å². The Balaban J connectivity index is 4.38. The molecule has 0 rings (SSSR count). The van der Waals surface area contributed by atoms with E-state index < -0.39 is 13.9 Å². The predicted molar refractivity (Wildman–Crippen MR) is 74.6 cm³/mol. The maximum atomic E-state index is 11.8. The summed E-state index contributed by atoms with van der Waals surface area (Å²) in [6.45, 7) is 5.90. The lowest BCUT2D eigenvalue weighted by molar-refractivity contribution is -0.870. The van der Waals surface area contributed by atoms with Gasteiger partial charge in [-0.15, -0.1) is 6.58 Å². The first kappa shape index (κ1) is 18.8. The van der Waals surface area contributed by atoms with Gasteiger partial charge < -0.3 is 14.5 Å². The third-order valence-corrected chi connectivity index (χ3v) is 3.65. The fraction of sp³-hybridized carbons (Fsp3) is 0.833. The Morgan fingerprint density at radius 3 is 2.42 bits per heavy atom. The first-order valence-electron chi connectivity index (χ1n) is 6.29. The third kappa shape index (κ3) is 9.32. The average Bonchev–Trinajstić information content (AvgIpc) is 2.25. The minimum absolute atomic E-state index is 0.128. The van der Waals surface area contributed by atoms with Crippen LogP contribution in [0.2, 0.25) is 0 Å². The van der Waals surface area contributed by atoms with Gasteiger partial charge >= 0.3 is 7.82 Å². The van der Waals surface area contributed by atoms with Gasteiger partial charge in [-0.05, 0) is 6.42 Å². The van der Waals surface area contributed by atoms with Crippen molar-refractivity contribution >= 4 is 7.82 Å². The quantitative estimate of drug-likeness (QED) is 0.362. The van der Waals surface area contributed by atoms with Crippen LogP contribution in [0.15, 0.2) is 12.7 Å². The molecule has 2 N–H and O–H groups in total. The number of nitrogens with zero attached hydrogens (tertiary/aromatic N) is 1. The van der Waals surface area contributed by atoms with E-state index in [2.05, 4.69) is 6.58 Å². The Morgan fingerprint density at radius 2 is 2.00 bits per heavy atom. The van der Waals surface area contributed by atoms with Crippen LogP contribution in [0.1, 0.15) is 13.3 Å². The van der Waals surface area contributed by atoms with Crippen molar-refractivity contribution < 1.29 is 28.1 Å². The lowest BCUT2D eigenvalue weighted by atomic mass is 10.0. The van der Waals surface area contributed by atoms with E-state index in [1.165, 1.54) is 0 Å². The van der Waals surface area contributed by atoms with Crippen LogP contribution in [0.25, 0.3) is 0 Å². The highest BCUT2D eigenvalue weighted by atomic mass is 31.2. The van der Waals surface area contributed by atoms with E-state index in [-0.39, 0.29) is 19.1 Å². The van der Waals surface area contributed by atoms with E-state index >= 15 is 0 Å². The second-order valence-corrected chi connectivity index (χ2v) is 7.05. The lowest BCUT2D eigenvalue weighted by Crippen LogP contribution is -2.37. The van der Waals surface area contributed by atoms with Crippen molar-refractivity contribution in [2.75, 3.05) is 40.9 Å². The number of aliphatic hydroxyl groups excluding tert-OH is 1. The van der Waals surface area contributed by atoms with Gasteiger partial charge in [-0.3, -0.25) is 9.05 Å². The van der Waals surface area contributed by atoms with Crippen molar-refractivity contribution in [2.45, 2.75) is 19.4 Å². The van der Waals surface area contributed by atoms with E-state index in [0.717, 1.165) is 0 Å². The minimum atomic E-state index is -4.10. The second kappa shape index (κ2) is 8.15. The van der Waals surface area contributed by atoms with Gasteiger partial charge in [0.2, 0.25) is 0 Å². The van der Waals surface area contributed by atoms with Gasteiger partial charge in [0.05, 0.1) is 27.2 Å². The molecule has 0 saturated carbocycles. The number of quaternary nitrogens is 1. The SMILES string of the molecule is C=CCC(OP(=O)(O)OCC[N+](C)(C)C)C(C)CO. The molecular weight excluding hydrogens is 269 g/mol. The molecule has 0 saturated heterocycles. The van der Waals surface area contributed by atoms with Crippen LogP contribution in [-0.4, -0.2) is 61.5 Å². The minimum Gasteiger partial charge on any atom is -0.396 e. The topological polar surface area (TPSA) is 76.0 Å². The van der Waals surface area contributed by atoms with Gasteiger partial charge in [0.1, 0.15) is 13.2 Å². The molecule has 0 spiro atoms. The molecular formula is C12H27NO5P+. The van der Waals surface area contributed by atoms with Crippen LogP contribution in [0.3, 0.4) is 0 Å². The lowest BCUT2D eigenvalue weighted by Gasteiger charge is -2.26. The van der Waals surface area contributed by atoms with Crippen molar-refractivity contribution in [1.82, 2.24) is 0 Å². The van der Waals surface area contributed by atoms with Crippen molar-refractivity contribution in [3.63, 3.8) is 0 Å². The summed E-state index contributed by atoms with van der Waals surface area (Å²) < 4.78 is 22.5. The third-order valence-electron chi connectivity index (χ3n) is 2.61. The summed E-state index contributed by atoms with van der Waals surface area (Å²) in [4.78, 5) is 9.64. The molecule has 0 heterocycles. The molecule has 0 aromatic carbocycles. The number of hydrogen-bond donors (Lipinski definition) is 2. The smallest absolute Gasteiger partial charge is 0.396 e. The molecule has 0 aliphatic heterocycles. The first-order valence-corrected chi connectivity index (χ1v) is 7.79. The zero-order chi connectivity index (χ0) is 15.1. The first-order chi connectivity index (χ1) is 8.61. The van der Waals surface area contributed by atoms with Gasteiger partial charge in [-0.1, -0.05) is 13.0 Å². The number of likely N-dealkylation sites (N-methyl/N-ethyl adjacent to an activating group) is 1. The molecule has 3 atom stereocenters. The Hall–Kier alpha value is -0.230. The Labute approximate surface area is 115 Å². The van der Waals surface area contributed by atoms with Gasteiger partial charge in [0.25, 0.3) is 0 Å². The summed E-state index contributed by atoms with van der Waals surface area (Å²) >= 11 is 0. The molecule has 19 heavy (non-hydrogen) atoms. The molecule has 7 heteroatoms. The Bertz CT molecular complexity index is 316. The molecule has 6 nitrogen and oxygen atoms in total. The van der Waals surface area contributed by atoms with E-state index in [9.17, 15) is 9.46 Å². The molecule has 0 amide bonds. The molecule has 3 unspecified atom stereocenters. The fourth-order valence-corrected chi connectivity index (χ4v) is 2.30. The summed E-state index contributed by atoms with van der Waals surface area (Å²) in [5, 5.41) is 9.08. The normalized spacial score (nSPS) is 18.6. The van der Waals surface area contributed by atoms with E-state index in [1.807, 2.05) is 21.1 Å². The molecule has 0 aromatic rings. The largest absolute Gasteiger partial charge is 0.472 e. The second-order valence-electron chi connectivity index (χ2n) is 5.64. The van der Waals surface area contributed by atoms with Gasteiger partial charge in [0, 0.05) is 12.5 Å². The predicted octanol–water partition coefficient (Wildman–Crippen LogP) is 1.40. The summed E-state index contributed by atoms with van der Waals surface area (Å²) in [7, 11) is 1.78. The highest BCUT2D eigenvalue weighted by Gasteiger charge is 2.29. The molecule has 0 radical (unpaired) electrons. The molecule has 0 fully saturated rings. The van der Waals surface area contributed by atoms with Crippen molar-refractivity contribution in [3.05, 3.63) is 12.7 Å². The molecule has 0 bridgehead atoms. The number of phosphoric ester groups is 1. The van der Waals surface area contributed by atoms with Gasteiger partial charge in [-0.2, -0.15) is 0 Å². The maximum Gasteiger partial charge on any atom is 0.472 e. The average molecular weight is 296 g/mol. The number of hydrogen-bond acceptors (Lipinski definition) is 4.